The molecule has 26 heavy (non-hydrogen) atoms. The summed E-state index contributed by atoms with van der Waals surface area (Å²) < 4.78 is 11.2. The summed E-state index contributed by atoms with van der Waals surface area (Å²) in [5.41, 5.74) is 2.03. The SMILES string of the molecule is CCOc1ccc(C=CC(=O)Nc2nc3c(s2)CCCC3)cc1OCC. The van der Waals surface area contributed by atoms with Crippen LogP contribution in [0.1, 0.15) is 42.8 Å². The highest BCUT2D eigenvalue weighted by Crippen LogP contribution is 2.30. The number of carbonyl (C=O) groups excluding carboxylic acids is 1. The lowest BCUT2D eigenvalue weighted by Crippen LogP contribution is -2.07. The maximum absolute atomic E-state index is 12.2. The van der Waals surface area contributed by atoms with Crippen LogP contribution in [0.4, 0.5) is 5.13 Å². The van der Waals surface area contributed by atoms with E-state index in [1.165, 1.54) is 23.8 Å². The van der Waals surface area contributed by atoms with Crippen LogP contribution in [0.3, 0.4) is 0 Å². The van der Waals surface area contributed by atoms with Gasteiger partial charge in [0.25, 0.3) is 0 Å². The number of aryl methyl sites for hydroxylation is 2. The molecule has 0 bridgehead atoms. The fourth-order valence-corrected chi connectivity index (χ4v) is 3.95. The van der Waals surface area contributed by atoms with Gasteiger partial charge in [-0.15, -0.1) is 11.3 Å². The van der Waals surface area contributed by atoms with E-state index in [0.717, 1.165) is 24.1 Å². The first-order valence-electron chi connectivity index (χ1n) is 9.07. The third-order valence-corrected chi connectivity index (χ3v) is 5.14. The molecule has 0 saturated carbocycles. The number of anilines is 1. The van der Waals surface area contributed by atoms with Gasteiger partial charge in [0, 0.05) is 11.0 Å². The molecule has 1 aliphatic rings. The molecule has 138 valence electrons. The molecule has 0 spiro atoms. The number of benzene rings is 1. The van der Waals surface area contributed by atoms with Crippen molar-refractivity contribution >= 4 is 28.5 Å². The number of nitrogens with zero attached hydrogens (tertiary/aromatic N) is 1. The van der Waals surface area contributed by atoms with Gasteiger partial charge in [-0.05, 0) is 63.3 Å². The Kier molecular flexibility index (Phi) is 6.28. The predicted octanol–water partition coefficient (Wildman–Crippen LogP) is 4.47. The van der Waals surface area contributed by atoms with Crippen LogP contribution >= 0.6 is 11.3 Å². The smallest absolute Gasteiger partial charge is 0.250 e. The lowest BCUT2D eigenvalue weighted by Gasteiger charge is -2.11. The van der Waals surface area contributed by atoms with Crippen LogP contribution < -0.4 is 14.8 Å². The van der Waals surface area contributed by atoms with E-state index >= 15 is 0 Å². The molecule has 1 aliphatic carbocycles. The van der Waals surface area contributed by atoms with Crippen LogP contribution in [0.5, 0.6) is 11.5 Å². The molecule has 1 aromatic carbocycles. The number of hydrogen-bond donors (Lipinski definition) is 1. The highest BCUT2D eigenvalue weighted by atomic mass is 32.1. The van der Waals surface area contributed by atoms with Crippen molar-refractivity contribution in [3.05, 3.63) is 40.4 Å². The first-order chi connectivity index (χ1) is 12.7. The van der Waals surface area contributed by atoms with Crippen molar-refractivity contribution in [2.24, 2.45) is 0 Å². The van der Waals surface area contributed by atoms with E-state index in [0.29, 0.717) is 29.8 Å². The molecule has 0 aliphatic heterocycles. The monoisotopic (exact) mass is 372 g/mol. The Hall–Kier alpha value is -2.34. The van der Waals surface area contributed by atoms with Crippen LogP contribution in [0.15, 0.2) is 24.3 Å². The molecular weight excluding hydrogens is 348 g/mol. The van der Waals surface area contributed by atoms with Gasteiger partial charge in [-0.1, -0.05) is 6.07 Å². The second-order valence-corrected chi connectivity index (χ2v) is 7.07. The third-order valence-electron chi connectivity index (χ3n) is 4.07. The Balaban J connectivity index is 1.65. The van der Waals surface area contributed by atoms with Crippen molar-refractivity contribution in [3.63, 3.8) is 0 Å². The number of thiazole rings is 1. The number of fused-ring (bicyclic) bond motifs is 1. The highest BCUT2D eigenvalue weighted by Gasteiger charge is 2.15. The molecular formula is C20H24N2O3S. The normalized spacial score (nSPS) is 13.5. The minimum absolute atomic E-state index is 0.178. The maximum Gasteiger partial charge on any atom is 0.250 e. The summed E-state index contributed by atoms with van der Waals surface area (Å²) in [6.45, 7) is 5.00. The Morgan fingerprint density at radius 3 is 2.73 bits per heavy atom. The van der Waals surface area contributed by atoms with Gasteiger partial charge in [-0.3, -0.25) is 10.1 Å². The molecule has 0 radical (unpaired) electrons. The summed E-state index contributed by atoms with van der Waals surface area (Å²) in [6.07, 6.45) is 7.77. The van der Waals surface area contributed by atoms with Crippen LogP contribution in [0, 0.1) is 0 Å². The van der Waals surface area contributed by atoms with Gasteiger partial charge in [-0.2, -0.15) is 0 Å². The average molecular weight is 372 g/mol. The molecule has 1 aromatic heterocycles. The second-order valence-electron chi connectivity index (χ2n) is 5.99. The Labute approximate surface area is 158 Å². The molecule has 1 N–H and O–H groups in total. The number of carbonyl (C=O) groups is 1. The van der Waals surface area contributed by atoms with Crippen molar-refractivity contribution in [2.45, 2.75) is 39.5 Å². The van der Waals surface area contributed by atoms with Crippen molar-refractivity contribution in [3.8, 4) is 11.5 Å². The molecule has 0 saturated heterocycles. The lowest BCUT2D eigenvalue weighted by atomic mass is 10.0. The van der Waals surface area contributed by atoms with Gasteiger partial charge in [0.2, 0.25) is 5.91 Å². The van der Waals surface area contributed by atoms with Gasteiger partial charge in [0.1, 0.15) is 0 Å². The summed E-state index contributed by atoms with van der Waals surface area (Å²) in [6, 6.07) is 5.64. The molecule has 0 unspecified atom stereocenters. The van der Waals surface area contributed by atoms with E-state index in [1.807, 2.05) is 32.0 Å². The van der Waals surface area contributed by atoms with E-state index < -0.39 is 0 Å². The number of hydrogen-bond acceptors (Lipinski definition) is 5. The van der Waals surface area contributed by atoms with Crippen LogP contribution in [0.2, 0.25) is 0 Å². The molecule has 5 nitrogen and oxygen atoms in total. The maximum atomic E-state index is 12.2. The third kappa shape index (κ3) is 4.64. The molecule has 0 atom stereocenters. The number of rotatable bonds is 7. The summed E-state index contributed by atoms with van der Waals surface area (Å²) in [4.78, 5) is 18.0. The van der Waals surface area contributed by atoms with Crippen molar-refractivity contribution in [2.75, 3.05) is 18.5 Å². The van der Waals surface area contributed by atoms with Gasteiger partial charge < -0.3 is 9.47 Å². The number of aromatic nitrogens is 1. The topological polar surface area (TPSA) is 60.5 Å². The standard InChI is InChI=1S/C20H24N2O3S/c1-3-24-16-11-9-14(13-17(16)25-4-2)10-12-19(23)22-20-21-15-7-5-6-8-18(15)26-20/h9-13H,3-8H2,1-2H3,(H,21,22,23). The first kappa shape index (κ1) is 18.5. The Morgan fingerprint density at radius 1 is 1.19 bits per heavy atom. The van der Waals surface area contributed by atoms with E-state index in [2.05, 4.69) is 10.3 Å². The van der Waals surface area contributed by atoms with Gasteiger partial charge in [0.15, 0.2) is 16.6 Å². The minimum Gasteiger partial charge on any atom is -0.490 e. The fourth-order valence-electron chi connectivity index (χ4n) is 2.90. The summed E-state index contributed by atoms with van der Waals surface area (Å²) in [5.74, 6) is 1.22. The van der Waals surface area contributed by atoms with Gasteiger partial charge >= 0.3 is 0 Å². The van der Waals surface area contributed by atoms with Crippen molar-refractivity contribution < 1.29 is 14.3 Å². The van der Waals surface area contributed by atoms with Crippen LogP contribution in [-0.4, -0.2) is 24.1 Å². The Morgan fingerprint density at radius 2 is 1.96 bits per heavy atom. The number of ether oxygens (including phenoxy) is 2. The van der Waals surface area contributed by atoms with Gasteiger partial charge in [0.05, 0.1) is 18.9 Å². The zero-order chi connectivity index (χ0) is 18.4. The zero-order valence-electron chi connectivity index (χ0n) is 15.2. The quantitative estimate of drug-likeness (QED) is 0.729. The van der Waals surface area contributed by atoms with E-state index in [-0.39, 0.29) is 5.91 Å². The molecule has 1 amide bonds. The van der Waals surface area contributed by atoms with Crippen molar-refractivity contribution in [1.29, 1.82) is 0 Å². The molecule has 2 aromatic rings. The minimum atomic E-state index is -0.178. The summed E-state index contributed by atoms with van der Waals surface area (Å²) >= 11 is 1.59. The Bertz CT molecular complexity index is 775. The lowest BCUT2D eigenvalue weighted by molar-refractivity contribution is -0.111. The summed E-state index contributed by atoms with van der Waals surface area (Å²) in [7, 11) is 0. The van der Waals surface area contributed by atoms with Crippen LogP contribution in [0.25, 0.3) is 6.08 Å². The van der Waals surface area contributed by atoms with E-state index in [4.69, 9.17) is 9.47 Å². The van der Waals surface area contributed by atoms with E-state index in [1.54, 1.807) is 17.4 Å². The molecule has 6 heteroatoms. The molecule has 1 heterocycles. The van der Waals surface area contributed by atoms with Crippen molar-refractivity contribution in [1.82, 2.24) is 4.98 Å². The number of amides is 1. The average Bonchev–Trinajstić information content (AvgIpc) is 3.04. The molecule has 0 fully saturated rings. The fraction of sp³-hybridized carbons (Fsp3) is 0.400. The van der Waals surface area contributed by atoms with E-state index in [9.17, 15) is 4.79 Å². The number of nitrogens with one attached hydrogen (secondary N) is 1. The highest BCUT2D eigenvalue weighted by molar-refractivity contribution is 7.15. The largest absolute Gasteiger partial charge is 0.490 e. The first-order valence-corrected chi connectivity index (χ1v) is 9.88. The summed E-state index contributed by atoms with van der Waals surface area (Å²) in [5, 5.41) is 3.55. The van der Waals surface area contributed by atoms with Crippen LogP contribution in [-0.2, 0) is 17.6 Å². The molecule has 3 rings (SSSR count). The van der Waals surface area contributed by atoms with Gasteiger partial charge in [-0.25, -0.2) is 4.98 Å². The second kappa shape index (κ2) is 8.85. The predicted molar refractivity (Wildman–Crippen MR) is 105 cm³/mol. The zero-order valence-corrected chi connectivity index (χ0v) is 16.0.